The van der Waals surface area contributed by atoms with E-state index in [1.54, 1.807) is 13.0 Å². The van der Waals surface area contributed by atoms with Crippen LogP contribution >= 0.6 is 0 Å². The number of esters is 2. The predicted octanol–water partition coefficient (Wildman–Crippen LogP) is 2.51. The Hall–Kier alpha value is -1.95. The zero-order valence-electron chi connectivity index (χ0n) is 16.9. The molecule has 6 nitrogen and oxygen atoms in total. The molecule has 0 amide bonds. The van der Waals surface area contributed by atoms with Crippen molar-refractivity contribution in [1.82, 2.24) is 0 Å². The van der Waals surface area contributed by atoms with Crippen LogP contribution in [0.4, 0.5) is 0 Å². The van der Waals surface area contributed by atoms with Crippen molar-refractivity contribution in [3.8, 4) is 0 Å². The monoisotopic (exact) mass is 386 g/mol. The summed E-state index contributed by atoms with van der Waals surface area (Å²) in [6, 6.07) is 0. The van der Waals surface area contributed by atoms with E-state index in [0.29, 0.717) is 18.4 Å². The van der Waals surface area contributed by atoms with Crippen molar-refractivity contribution in [1.29, 1.82) is 0 Å². The third-order valence-corrected chi connectivity index (χ3v) is 8.02. The van der Waals surface area contributed by atoms with E-state index in [0.717, 1.165) is 5.57 Å². The van der Waals surface area contributed by atoms with Gasteiger partial charge in [-0.25, -0.2) is 4.79 Å². The summed E-state index contributed by atoms with van der Waals surface area (Å²) < 4.78 is 17.8. The van der Waals surface area contributed by atoms with Gasteiger partial charge >= 0.3 is 11.9 Å². The number of epoxide rings is 1. The Balaban J connectivity index is 1.64. The average molecular weight is 386 g/mol. The molecule has 2 saturated carbocycles. The van der Waals surface area contributed by atoms with Gasteiger partial charge in [0.15, 0.2) is 5.78 Å². The molecule has 0 radical (unpaired) electrons. The number of hydrogen-bond donors (Lipinski definition) is 0. The molecule has 5 aliphatic rings. The van der Waals surface area contributed by atoms with Gasteiger partial charge in [-0.15, -0.1) is 0 Å². The molecule has 1 spiro atoms. The molecule has 0 aromatic heterocycles. The van der Waals surface area contributed by atoms with Crippen molar-refractivity contribution in [2.45, 2.75) is 71.4 Å². The Bertz CT molecular complexity index is 881. The predicted molar refractivity (Wildman–Crippen MR) is 98.0 cm³/mol. The lowest BCUT2D eigenvalue weighted by Gasteiger charge is -2.59. The van der Waals surface area contributed by atoms with E-state index in [4.69, 9.17) is 14.2 Å². The van der Waals surface area contributed by atoms with E-state index in [9.17, 15) is 14.4 Å². The molecule has 5 rings (SSSR count). The summed E-state index contributed by atoms with van der Waals surface area (Å²) in [4.78, 5) is 36.8. The van der Waals surface area contributed by atoms with Gasteiger partial charge in [0.1, 0.15) is 23.9 Å². The van der Waals surface area contributed by atoms with Crippen LogP contribution in [0.3, 0.4) is 0 Å². The smallest absolute Gasteiger partial charge is 0.334 e. The van der Waals surface area contributed by atoms with Crippen molar-refractivity contribution in [3.05, 3.63) is 23.3 Å². The normalized spacial score (nSPS) is 47.5. The van der Waals surface area contributed by atoms with Gasteiger partial charge in [-0.1, -0.05) is 26.8 Å². The number of carbonyl (C=O) groups excluding carboxylic acids is 3. The minimum Gasteiger partial charge on any atom is -0.462 e. The van der Waals surface area contributed by atoms with Crippen LogP contribution in [0.5, 0.6) is 0 Å². The largest absolute Gasteiger partial charge is 0.462 e. The average Bonchev–Trinajstić information content (AvgIpc) is 3.22. The van der Waals surface area contributed by atoms with Crippen LogP contribution in [0.15, 0.2) is 23.3 Å². The van der Waals surface area contributed by atoms with E-state index in [1.165, 1.54) is 6.92 Å². The summed E-state index contributed by atoms with van der Waals surface area (Å²) in [7, 11) is 0. The SMILES string of the molecule is CC(=O)O[C@@H]1C[C@@]23O[C@@H]2C2=C(C)C(=O)O[C@@H]2C[C@H]3[C@]2(C)C=CC(=O)C(C)(C)[C@@H]12. The molecule has 1 saturated heterocycles. The van der Waals surface area contributed by atoms with E-state index >= 15 is 0 Å². The first-order chi connectivity index (χ1) is 13.0. The highest BCUT2D eigenvalue weighted by molar-refractivity contribution is 5.96. The molecule has 7 atom stereocenters. The van der Waals surface area contributed by atoms with Crippen molar-refractivity contribution in [2.75, 3.05) is 0 Å². The van der Waals surface area contributed by atoms with Crippen LogP contribution in [-0.4, -0.2) is 41.6 Å². The van der Waals surface area contributed by atoms with Gasteiger partial charge < -0.3 is 14.2 Å². The Morgan fingerprint density at radius 3 is 2.64 bits per heavy atom. The van der Waals surface area contributed by atoms with Gasteiger partial charge in [-0.2, -0.15) is 0 Å². The number of ether oxygens (including phenoxy) is 3. The molecule has 3 aliphatic carbocycles. The van der Waals surface area contributed by atoms with Crippen LogP contribution in [0, 0.1) is 22.7 Å². The topological polar surface area (TPSA) is 82.2 Å². The van der Waals surface area contributed by atoms with Gasteiger partial charge in [0.25, 0.3) is 0 Å². The van der Waals surface area contributed by atoms with Crippen molar-refractivity contribution in [2.24, 2.45) is 22.7 Å². The fourth-order valence-electron chi connectivity index (χ4n) is 6.91. The second-order valence-corrected chi connectivity index (χ2v) is 9.83. The first-order valence-electron chi connectivity index (χ1n) is 10.0. The first-order valence-corrected chi connectivity index (χ1v) is 10.0. The molecule has 0 unspecified atom stereocenters. The molecular weight excluding hydrogens is 360 g/mol. The minimum absolute atomic E-state index is 0.0517. The number of allylic oxidation sites excluding steroid dienone is 2. The molecule has 150 valence electrons. The van der Waals surface area contributed by atoms with E-state index in [2.05, 4.69) is 6.92 Å². The lowest BCUT2D eigenvalue weighted by atomic mass is 9.45. The van der Waals surface area contributed by atoms with Crippen molar-refractivity contribution >= 4 is 17.7 Å². The molecule has 2 heterocycles. The van der Waals surface area contributed by atoms with E-state index < -0.39 is 22.5 Å². The lowest BCUT2D eigenvalue weighted by molar-refractivity contribution is -0.180. The van der Waals surface area contributed by atoms with Gasteiger partial charge in [0.2, 0.25) is 0 Å². The third kappa shape index (κ3) is 1.99. The zero-order chi connectivity index (χ0) is 20.2. The van der Waals surface area contributed by atoms with E-state index in [1.807, 2.05) is 19.9 Å². The molecule has 0 bridgehead atoms. The highest BCUT2D eigenvalue weighted by Gasteiger charge is 2.77. The summed E-state index contributed by atoms with van der Waals surface area (Å²) in [5.41, 5.74) is 0.0801. The van der Waals surface area contributed by atoms with E-state index in [-0.39, 0.29) is 41.8 Å². The second kappa shape index (κ2) is 5.15. The number of hydrogen-bond acceptors (Lipinski definition) is 6. The summed E-state index contributed by atoms with van der Waals surface area (Å²) in [6.45, 7) is 9.23. The quantitative estimate of drug-likeness (QED) is 0.509. The summed E-state index contributed by atoms with van der Waals surface area (Å²) in [6.07, 6.45) is 4.04. The fourth-order valence-corrected chi connectivity index (χ4v) is 6.91. The van der Waals surface area contributed by atoms with Crippen LogP contribution in [-0.2, 0) is 28.6 Å². The molecule has 2 aliphatic heterocycles. The molecule has 0 aromatic rings. The zero-order valence-corrected chi connectivity index (χ0v) is 16.9. The summed E-state index contributed by atoms with van der Waals surface area (Å²) in [5, 5.41) is 0. The molecule has 6 heteroatoms. The Morgan fingerprint density at radius 1 is 1.25 bits per heavy atom. The summed E-state index contributed by atoms with van der Waals surface area (Å²) >= 11 is 0. The number of rotatable bonds is 1. The van der Waals surface area contributed by atoms with Crippen LogP contribution < -0.4 is 0 Å². The van der Waals surface area contributed by atoms with Gasteiger partial charge in [-0.3, -0.25) is 9.59 Å². The molecule has 0 aromatic carbocycles. The number of carbonyl (C=O) groups is 3. The summed E-state index contributed by atoms with van der Waals surface area (Å²) in [5.74, 6) is -0.641. The van der Waals surface area contributed by atoms with Crippen molar-refractivity contribution < 1.29 is 28.6 Å². The number of ketones is 1. The Labute approximate surface area is 164 Å². The van der Waals surface area contributed by atoms with Crippen LogP contribution in [0.1, 0.15) is 47.5 Å². The van der Waals surface area contributed by atoms with Crippen LogP contribution in [0.2, 0.25) is 0 Å². The van der Waals surface area contributed by atoms with Gasteiger partial charge in [0.05, 0.1) is 0 Å². The second-order valence-electron chi connectivity index (χ2n) is 9.83. The van der Waals surface area contributed by atoms with Crippen LogP contribution in [0.25, 0.3) is 0 Å². The third-order valence-electron chi connectivity index (χ3n) is 8.02. The number of fused-ring (bicyclic) bond motifs is 4. The Kier molecular flexibility index (Phi) is 3.33. The minimum atomic E-state index is -0.659. The lowest BCUT2D eigenvalue weighted by Crippen LogP contribution is -2.63. The molecule has 0 N–H and O–H groups in total. The molecule has 3 fully saturated rings. The molecule has 28 heavy (non-hydrogen) atoms. The standard InChI is InChI=1S/C22H26O6/c1-10-16-12(27-19(10)25)8-14-21(5)7-6-15(24)20(3,4)17(21)13(26-11(2)23)9-22(14)18(16)28-22/h6-7,12-14,17-18H,8-9H2,1-5H3/t12-,13-,14+,17-,18-,21+,22+/m1/s1. The maximum atomic E-state index is 12.7. The van der Waals surface area contributed by atoms with Gasteiger partial charge in [-0.05, 0) is 24.8 Å². The Morgan fingerprint density at radius 2 is 1.96 bits per heavy atom. The first kappa shape index (κ1) is 18.1. The fraction of sp³-hybridized carbons (Fsp3) is 0.682. The highest BCUT2D eigenvalue weighted by atomic mass is 16.6. The maximum Gasteiger partial charge on any atom is 0.334 e. The van der Waals surface area contributed by atoms with Gasteiger partial charge in [0, 0.05) is 41.7 Å². The maximum absolute atomic E-state index is 12.7. The highest BCUT2D eigenvalue weighted by Crippen LogP contribution is 2.70. The molecular formula is C22H26O6. The van der Waals surface area contributed by atoms with Crippen molar-refractivity contribution in [3.63, 3.8) is 0 Å².